The molecule has 110 valence electrons. The van der Waals surface area contributed by atoms with E-state index in [2.05, 4.69) is 15.7 Å². The van der Waals surface area contributed by atoms with Crippen molar-refractivity contribution in [2.75, 3.05) is 17.9 Å². The van der Waals surface area contributed by atoms with Crippen molar-refractivity contribution >= 4 is 17.4 Å². The number of nitrogens with one attached hydrogen (secondary N) is 2. The first-order valence-electron chi connectivity index (χ1n) is 6.59. The molecule has 1 aromatic carbocycles. The summed E-state index contributed by atoms with van der Waals surface area (Å²) >= 11 is 0. The number of amides is 1. The third kappa shape index (κ3) is 3.70. The zero-order valence-electron chi connectivity index (χ0n) is 12.0. The molecule has 0 unspecified atom stereocenters. The summed E-state index contributed by atoms with van der Waals surface area (Å²) in [7, 11) is 1.58. The van der Waals surface area contributed by atoms with E-state index in [9.17, 15) is 4.79 Å². The van der Waals surface area contributed by atoms with Gasteiger partial charge in [0.15, 0.2) is 0 Å². The summed E-state index contributed by atoms with van der Waals surface area (Å²) in [5.74, 6) is 6.29. The van der Waals surface area contributed by atoms with E-state index in [0.29, 0.717) is 22.8 Å². The molecule has 4 N–H and O–H groups in total. The van der Waals surface area contributed by atoms with E-state index >= 15 is 0 Å². The molecule has 0 bridgehead atoms. The maximum Gasteiger partial charge on any atom is 0.255 e. The second-order valence-corrected chi connectivity index (χ2v) is 4.42. The van der Waals surface area contributed by atoms with E-state index in [4.69, 9.17) is 10.6 Å². The summed E-state index contributed by atoms with van der Waals surface area (Å²) in [6.07, 6.45) is 0.717. The second-order valence-electron chi connectivity index (χ2n) is 4.42. The molecule has 0 aliphatic rings. The molecule has 0 saturated carbocycles. The molecule has 1 heterocycles. The zero-order chi connectivity index (χ0) is 15.2. The van der Waals surface area contributed by atoms with Gasteiger partial charge in [-0.3, -0.25) is 4.79 Å². The number of hydrogen-bond acceptors (Lipinski definition) is 5. The lowest BCUT2D eigenvalue weighted by molar-refractivity contribution is 0.102. The summed E-state index contributed by atoms with van der Waals surface area (Å²) in [6.45, 7) is 1.96. The SMILES string of the molecule is CCc1cc(C(=O)Nc2cccc(OC)c2)cc(NN)n1. The van der Waals surface area contributed by atoms with Gasteiger partial charge in [-0.2, -0.15) is 0 Å². The maximum atomic E-state index is 12.3. The molecule has 0 aliphatic carbocycles. The number of hydrogen-bond donors (Lipinski definition) is 3. The molecule has 0 spiro atoms. The van der Waals surface area contributed by atoms with Crippen LogP contribution < -0.4 is 21.3 Å². The number of ether oxygens (including phenoxy) is 1. The number of benzene rings is 1. The van der Waals surface area contributed by atoms with Crippen molar-refractivity contribution in [3.05, 3.63) is 47.7 Å². The first-order valence-corrected chi connectivity index (χ1v) is 6.59. The minimum absolute atomic E-state index is 0.225. The summed E-state index contributed by atoms with van der Waals surface area (Å²) in [5, 5.41) is 2.82. The first kappa shape index (κ1) is 14.8. The van der Waals surface area contributed by atoms with Crippen molar-refractivity contribution < 1.29 is 9.53 Å². The molecule has 0 fully saturated rings. The number of carbonyl (C=O) groups is 1. The van der Waals surface area contributed by atoms with Crippen molar-refractivity contribution in [3.63, 3.8) is 0 Å². The number of carbonyl (C=O) groups excluding carboxylic acids is 1. The van der Waals surface area contributed by atoms with E-state index in [0.717, 1.165) is 12.1 Å². The van der Waals surface area contributed by atoms with Crippen LogP contribution in [-0.4, -0.2) is 18.0 Å². The van der Waals surface area contributed by atoms with Crippen molar-refractivity contribution in [2.24, 2.45) is 5.84 Å². The third-order valence-corrected chi connectivity index (χ3v) is 2.98. The lowest BCUT2D eigenvalue weighted by Crippen LogP contribution is -2.15. The van der Waals surface area contributed by atoms with Gasteiger partial charge in [0.05, 0.1) is 7.11 Å². The molecule has 1 aromatic heterocycles. The Bertz CT molecular complexity index is 621. The Balaban J connectivity index is 2.23. The van der Waals surface area contributed by atoms with Crippen molar-refractivity contribution in [1.82, 2.24) is 4.98 Å². The van der Waals surface area contributed by atoms with Gasteiger partial charge in [-0.15, -0.1) is 0 Å². The highest BCUT2D eigenvalue weighted by molar-refractivity contribution is 6.04. The highest BCUT2D eigenvalue weighted by Gasteiger charge is 2.10. The minimum Gasteiger partial charge on any atom is -0.497 e. The highest BCUT2D eigenvalue weighted by Crippen LogP contribution is 2.18. The van der Waals surface area contributed by atoms with Crippen LogP contribution in [0.1, 0.15) is 23.0 Å². The van der Waals surface area contributed by atoms with Crippen LogP contribution >= 0.6 is 0 Å². The number of aromatic nitrogens is 1. The van der Waals surface area contributed by atoms with E-state index < -0.39 is 0 Å². The Morgan fingerprint density at radius 3 is 2.81 bits per heavy atom. The molecule has 2 rings (SSSR count). The molecular weight excluding hydrogens is 268 g/mol. The summed E-state index contributed by atoms with van der Waals surface area (Å²) in [6, 6.07) is 10.5. The summed E-state index contributed by atoms with van der Waals surface area (Å²) in [4.78, 5) is 16.6. The van der Waals surface area contributed by atoms with Gasteiger partial charge in [0.2, 0.25) is 0 Å². The number of pyridine rings is 1. The average Bonchev–Trinajstić information content (AvgIpc) is 2.54. The van der Waals surface area contributed by atoms with Gasteiger partial charge in [-0.05, 0) is 30.7 Å². The monoisotopic (exact) mass is 286 g/mol. The number of nitrogens with zero attached hydrogens (tertiary/aromatic N) is 1. The summed E-state index contributed by atoms with van der Waals surface area (Å²) < 4.78 is 5.13. The van der Waals surface area contributed by atoms with Gasteiger partial charge < -0.3 is 15.5 Å². The number of aryl methyl sites for hydroxylation is 1. The second kappa shape index (κ2) is 6.71. The molecule has 6 nitrogen and oxygen atoms in total. The average molecular weight is 286 g/mol. The van der Waals surface area contributed by atoms with Crippen molar-refractivity contribution in [3.8, 4) is 5.75 Å². The predicted octanol–water partition coefficient (Wildman–Crippen LogP) is 2.19. The number of nitrogen functional groups attached to an aromatic ring is 1. The smallest absolute Gasteiger partial charge is 0.255 e. The Morgan fingerprint density at radius 1 is 1.33 bits per heavy atom. The van der Waals surface area contributed by atoms with Crippen molar-refractivity contribution in [1.29, 1.82) is 0 Å². The Hall–Kier alpha value is -2.60. The lowest BCUT2D eigenvalue weighted by atomic mass is 10.1. The standard InChI is InChI=1S/C15H18N4O2/c1-3-11-7-10(8-14(17-11)19-16)15(20)18-12-5-4-6-13(9-12)21-2/h4-9H,3,16H2,1-2H3,(H,17,19)(H,18,20). The fourth-order valence-electron chi connectivity index (χ4n) is 1.88. The van der Waals surface area contributed by atoms with Crippen LogP contribution in [0, 0.1) is 0 Å². The molecule has 1 amide bonds. The molecular formula is C15H18N4O2. The zero-order valence-corrected chi connectivity index (χ0v) is 12.0. The molecule has 0 atom stereocenters. The number of nitrogens with two attached hydrogens (primary N) is 1. The van der Waals surface area contributed by atoms with Gasteiger partial charge in [0.1, 0.15) is 11.6 Å². The van der Waals surface area contributed by atoms with E-state index in [1.165, 1.54) is 0 Å². The number of hydrazine groups is 1. The number of rotatable bonds is 5. The van der Waals surface area contributed by atoms with Crippen molar-refractivity contribution in [2.45, 2.75) is 13.3 Å². The summed E-state index contributed by atoms with van der Waals surface area (Å²) in [5.41, 5.74) is 4.42. The fourth-order valence-corrected chi connectivity index (χ4v) is 1.88. The van der Waals surface area contributed by atoms with Crippen LogP contribution in [0.3, 0.4) is 0 Å². The van der Waals surface area contributed by atoms with E-state index in [1.54, 1.807) is 31.4 Å². The fraction of sp³-hybridized carbons (Fsp3) is 0.200. The lowest BCUT2D eigenvalue weighted by Gasteiger charge is -2.09. The highest BCUT2D eigenvalue weighted by atomic mass is 16.5. The minimum atomic E-state index is -0.225. The van der Waals surface area contributed by atoms with Crippen LogP contribution in [0.25, 0.3) is 0 Å². The quantitative estimate of drug-likeness (QED) is 0.579. The number of anilines is 2. The first-order chi connectivity index (χ1) is 10.2. The van der Waals surface area contributed by atoms with Gasteiger partial charge in [-0.1, -0.05) is 13.0 Å². The van der Waals surface area contributed by atoms with E-state index in [1.807, 2.05) is 19.1 Å². The molecule has 0 aliphatic heterocycles. The largest absolute Gasteiger partial charge is 0.497 e. The molecule has 2 aromatic rings. The van der Waals surface area contributed by atoms with Gasteiger partial charge in [-0.25, -0.2) is 10.8 Å². The van der Waals surface area contributed by atoms with Gasteiger partial charge in [0.25, 0.3) is 5.91 Å². The predicted molar refractivity (Wildman–Crippen MR) is 82.4 cm³/mol. The molecule has 0 saturated heterocycles. The molecule has 21 heavy (non-hydrogen) atoms. The molecule has 6 heteroatoms. The Morgan fingerprint density at radius 2 is 2.14 bits per heavy atom. The third-order valence-electron chi connectivity index (χ3n) is 2.98. The topological polar surface area (TPSA) is 89.3 Å². The van der Waals surface area contributed by atoms with Crippen LogP contribution in [-0.2, 0) is 6.42 Å². The van der Waals surface area contributed by atoms with Gasteiger partial charge >= 0.3 is 0 Å². The number of methoxy groups -OCH3 is 1. The molecule has 0 radical (unpaired) electrons. The Kier molecular flexibility index (Phi) is 4.73. The normalized spacial score (nSPS) is 10.0. The van der Waals surface area contributed by atoms with Crippen LogP contribution in [0.15, 0.2) is 36.4 Å². The maximum absolute atomic E-state index is 12.3. The van der Waals surface area contributed by atoms with Crippen LogP contribution in [0.4, 0.5) is 11.5 Å². The Labute approximate surface area is 123 Å². The van der Waals surface area contributed by atoms with Gasteiger partial charge in [0, 0.05) is 23.0 Å². The van der Waals surface area contributed by atoms with Crippen LogP contribution in [0.2, 0.25) is 0 Å². The van der Waals surface area contributed by atoms with Crippen LogP contribution in [0.5, 0.6) is 5.75 Å². The van der Waals surface area contributed by atoms with E-state index in [-0.39, 0.29) is 5.91 Å².